The summed E-state index contributed by atoms with van der Waals surface area (Å²) in [5.41, 5.74) is 1.99. The van der Waals surface area contributed by atoms with Crippen molar-refractivity contribution in [2.45, 2.75) is 39.7 Å². The van der Waals surface area contributed by atoms with Crippen molar-refractivity contribution in [2.24, 2.45) is 5.10 Å². The summed E-state index contributed by atoms with van der Waals surface area (Å²) in [6, 6.07) is 16.2. The molecule has 4 aromatic rings. The molecule has 1 aromatic heterocycles. The molecule has 0 aliphatic carbocycles. The van der Waals surface area contributed by atoms with E-state index in [4.69, 9.17) is 37.7 Å². The van der Waals surface area contributed by atoms with Gasteiger partial charge in [0.25, 0.3) is 5.56 Å². The van der Waals surface area contributed by atoms with E-state index in [9.17, 15) is 4.79 Å². The molecule has 0 amide bonds. The van der Waals surface area contributed by atoms with Crippen molar-refractivity contribution in [3.05, 3.63) is 96.4 Å². The summed E-state index contributed by atoms with van der Waals surface area (Å²) in [6.45, 7) is 6.71. The number of hydrogen-bond donors (Lipinski definition) is 0. The van der Waals surface area contributed by atoms with E-state index in [1.807, 2.05) is 50.2 Å². The third-order valence-corrected chi connectivity index (χ3v) is 6.95. The molecule has 9 heteroatoms. The van der Waals surface area contributed by atoms with Gasteiger partial charge in [0, 0.05) is 26.0 Å². The van der Waals surface area contributed by atoms with Crippen LogP contribution < -0.4 is 15.0 Å². The molecule has 0 N–H and O–H groups in total. The molecule has 3 aromatic carbocycles. The topological polar surface area (TPSA) is 65.7 Å². The number of fused-ring (bicyclic) bond motifs is 1. The van der Waals surface area contributed by atoms with Crippen molar-refractivity contribution in [3.8, 4) is 11.5 Å². The maximum absolute atomic E-state index is 13.4. The maximum Gasteiger partial charge on any atom is 0.282 e. The number of ether oxygens (including phenoxy) is 2. The van der Waals surface area contributed by atoms with Gasteiger partial charge in [-0.25, -0.2) is 4.98 Å². The molecular weight excluding hydrogens is 577 g/mol. The average molecular weight is 603 g/mol. The van der Waals surface area contributed by atoms with Crippen LogP contribution in [-0.4, -0.2) is 22.5 Å². The first-order chi connectivity index (χ1) is 17.8. The normalized spacial score (nSPS) is 12.3. The largest absolute Gasteiger partial charge is 0.490 e. The van der Waals surface area contributed by atoms with Crippen LogP contribution in [-0.2, 0) is 6.61 Å². The van der Waals surface area contributed by atoms with E-state index < -0.39 is 0 Å². The second-order valence-electron chi connectivity index (χ2n) is 8.47. The molecule has 0 saturated carbocycles. The van der Waals surface area contributed by atoms with Crippen molar-refractivity contribution in [1.29, 1.82) is 0 Å². The number of rotatable bonds is 9. The summed E-state index contributed by atoms with van der Waals surface area (Å²) in [7, 11) is 0. The minimum atomic E-state index is -0.220. The van der Waals surface area contributed by atoms with Gasteiger partial charge in [-0.1, -0.05) is 59.0 Å². The summed E-state index contributed by atoms with van der Waals surface area (Å²) >= 11 is 15.7. The van der Waals surface area contributed by atoms with Crippen molar-refractivity contribution in [1.82, 2.24) is 9.66 Å². The molecule has 0 aliphatic heterocycles. The van der Waals surface area contributed by atoms with Crippen LogP contribution in [0.3, 0.4) is 0 Å². The molecule has 4 rings (SSSR count). The molecule has 0 fully saturated rings. The van der Waals surface area contributed by atoms with Crippen molar-refractivity contribution in [2.75, 3.05) is 6.61 Å². The molecule has 0 aliphatic rings. The van der Waals surface area contributed by atoms with Gasteiger partial charge >= 0.3 is 0 Å². The minimum absolute atomic E-state index is 0.0485. The molecule has 6 nitrogen and oxygen atoms in total. The minimum Gasteiger partial charge on any atom is -0.490 e. The standard InChI is InChI=1S/C28H26BrCl2N3O3/c1-4-17(3)27-33-24-10-8-20(29)13-22(24)28(35)34(27)32-15-18-6-11-25(26(12-18)36-5-2)37-16-19-7-9-21(30)14-23(19)31/h6-15,17H,4-5,16H2,1-3H3/t17-/m1/s1. The van der Waals surface area contributed by atoms with Crippen molar-refractivity contribution in [3.63, 3.8) is 0 Å². The highest BCUT2D eigenvalue weighted by atomic mass is 79.9. The Balaban J connectivity index is 1.66. The fourth-order valence-corrected chi connectivity index (χ4v) is 4.51. The lowest BCUT2D eigenvalue weighted by atomic mass is 10.1. The van der Waals surface area contributed by atoms with Gasteiger partial charge in [-0.2, -0.15) is 9.78 Å². The lowest BCUT2D eigenvalue weighted by molar-refractivity contribution is 0.269. The van der Waals surface area contributed by atoms with Gasteiger partial charge in [0.1, 0.15) is 12.4 Å². The van der Waals surface area contributed by atoms with Crippen LogP contribution in [0, 0.1) is 0 Å². The van der Waals surface area contributed by atoms with E-state index in [1.54, 1.807) is 24.4 Å². The predicted molar refractivity (Wildman–Crippen MR) is 154 cm³/mol. The van der Waals surface area contributed by atoms with E-state index in [1.165, 1.54) is 4.68 Å². The van der Waals surface area contributed by atoms with E-state index in [0.29, 0.717) is 44.9 Å². The number of halogens is 3. The van der Waals surface area contributed by atoms with Gasteiger partial charge < -0.3 is 9.47 Å². The first-order valence-corrected chi connectivity index (χ1v) is 13.5. The molecule has 37 heavy (non-hydrogen) atoms. The van der Waals surface area contributed by atoms with Gasteiger partial charge in [-0.15, -0.1) is 0 Å². The monoisotopic (exact) mass is 601 g/mol. The Hall–Kier alpha value is -2.87. The van der Waals surface area contributed by atoms with Crippen LogP contribution in [0.5, 0.6) is 11.5 Å². The Kier molecular flexibility index (Phi) is 8.90. The van der Waals surface area contributed by atoms with Crippen LogP contribution in [0.2, 0.25) is 10.0 Å². The molecule has 1 heterocycles. The highest BCUT2D eigenvalue weighted by molar-refractivity contribution is 9.10. The van der Waals surface area contributed by atoms with Crippen molar-refractivity contribution >= 4 is 56.2 Å². The third-order valence-electron chi connectivity index (χ3n) is 5.87. The number of aromatic nitrogens is 2. The third kappa shape index (κ3) is 6.35. The highest BCUT2D eigenvalue weighted by Crippen LogP contribution is 2.30. The summed E-state index contributed by atoms with van der Waals surface area (Å²) < 4.78 is 14.0. The fraction of sp³-hybridized carbons (Fsp3) is 0.250. The Labute approximate surface area is 234 Å². The average Bonchev–Trinajstić information content (AvgIpc) is 2.88. The second-order valence-corrected chi connectivity index (χ2v) is 10.2. The predicted octanol–water partition coefficient (Wildman–Crippen LogP) is 7.84. The molecule has 0 saturated heterocycles. The van der Waals surface area contributed by atoms with E-state index in [-0.39, 0.29) is 18.1 Å². The Morgan fingerprint density at radius 1 is 1.05 bits per heavy atom. The van der Waals surface area contributed by atoms with E-state index in [0.717, 1.165) is 22.0 Å². The SMILES string of the molecule is CCOc1cc(C=Nn2c([C@H](C)CC)nc3ccc(Br)cc3c2=O)ccc1OCc1ccc(Cl)cc1Cl. The van der Waals surface area contributed by atoms with Crippen LogP contribution in [0.4, 0.5) is 0 Å². The van der Waals surface area contributed by atoms with E-state index >= 15 is 0 Å². The number of benzene rings is 3. The van der Waals surface area contributed by atoms with Gasteiger partial charge in [0.2, 0.25) is 0 Å². The zero-order valence-corrected chi connectivity index (χ0v) is 23.8. The van der Waals surface area contributed by atoms with Gasteiger partial charge in [0.05, 0.1) is 23.7 Å². The lowest BCUT2D eigenvalue weighted by Crippen LogP contribution is -2.23. The van der Waals surface area contributed by atoms with Crippen LogP contribution >= 0.6 is 39.1 Å². The second kappa shape index (κ2) is 12.1. The summed E-state index contributed by atoms with van der Waals surface area (Å²) in [5.74, 6) is 1.79. The van der Waals surface area contributed by atoms with Gasteiger partial charge in [0.15, 0.2) is 11.5 Å². The smallest absolute Gasteiger partial charge is 0.282 e. The molecular formula is C28H26BrCl2N3O3. The Morgan fingerprint density at radius 3 is 2.59 bits per heavy atom. The molecule has 1 atom stereocenters. The highest BCUT2D eigenvalue weighted by Gasteiger charge is 2.16. The van der Waals surface area contributed by atoms with Crippen LogP contribution in [0.25, 0.3) is 10.9 Å². The Bertz CT molecular complexity index is 1520. The Morgan fingerprint density at radius 2 is 1.86 bits per heavy atom. The maximum atomic E-state index is 13.4. The molecule has 0 spiro atoms. The fourth-order valence-electron chi connectivity index (χ4n) is 3.69. The van der Waals surface area contributed by atoms with Gasteiger partial charge in [-0.3, -0.25) is 4.79 Å². The lowest BCUT2D eigenvalue weighted by Gasteiger charge is -2.14. The van der Waals surface area contributed by atoms with Crippen LogP contribution in [0.1, 0.15) is 50.1 Å². The van der Waals surface area contributed by atoms with Crippen molar-refractivity contribution < 1.29 is 9.47 Å². The molecule has 192 valence electrons. The van der Waals surface area contributed by atoms with Gasteiger partial charge in [-0.05, 0) is 67.4 Å². The van der Waals surface area contributed by atoms with E-state index in [2.05, 4.69) is 28.0 Å². The first kappa shape index (κ1) is 27.2. The molecule has 0 bridgehead atoms. The number of nitrogens with zero attached hydrogens (tertiary/aromatic N) is 3. The summed E-state index contributed by atoms with van der Waals surface area (Å²) in [4.78, 5) is 18.1. The zero-order chi connectivity index (χ0) is 26.5. The first-order valence-electron chi connectivity index (χ1n) is 11.9. The molecule has 0 radical (unpaired) electrons. The van der Waals surface area contributed by atoms with Crippen LogP contribution in [0.15, 0.2) is 69.0 Å². The summed E-state index contributed by atoms with van der Waals surface area (Å²) in [6.07, 6.45) is 2.45. The zero-order valence-electron chi connectivity index (χ0n) is 20.7. The summed E-state index contributed by atoms with van der Waals surface area (Å²) in [5, 5.41) is 6.14. The number of hydrogen-bond acceptors (Lipinski definition) is 5. The molecule has 0 unspecified atom stereocenters. The quantitative estimate of drug-likeness (QED) is 0.183.